The summed E-state index contributed by atoms with van der Waals surface area (Å²) in [6.07, 6.45) is 2.45. The predicted octanol–water partition coefficient (Wildman–Crippen LogP) is 5.81. The van der Waals surface area contributed by atoms with Gasteiger partial charge < -0.3 is 15.4 Å². The maximum atomic E-state index is 13.1. The van der Waals surface area contributed by atoms with Crippen LogP contribution in [-0.4, -0.2) is 24.3 Å². The van der Waals surface area contributed by atoms with Crippen molar-refractivity contribution in [3.63, 3.8) is 0 Å². The summed E-state index contributed by atoms with van der Waals surface area (Å²) in [6, 6.07) is 14.5. The fourth-order valence-electron chi connectivity index (χ4n) is 3.76. The van der Waals surface area contributed by atoms with E-state index in [4.69, 9.17) is 16.3 Å². The summed E-state index contributed by atoms with van der Waals surface area (Å²) in [5.74, 6) is 0.273. The lowest BCUT2D eigenvalue weighted by Crippen LogP contribution is -2.43. The van der Waals surface area contributed by atoms with E-state index in [1.807, 2.05) is 18.2 Å². The second-order valence-electron chi connectivity index (χ2n) is 8.26. The van der Waals surface area contributed by atoms with E-state index >= 15 is 0 Å². The standard InChI is InChI=1S/C25H23ClN2O3S/c1-25(2)14-16-7-8-18(31-3)12-19(16)21(28-25)13-22(29)15-5-4-6-17(11-15)27-24(30)23-20(26)9-10-32-23/h4-13,28H,14H2,1-3H3,(H,27,30). The first-order valence-electron chi connectivity index (χ1n) is 10.1. The molecule has 0 spiro atoms. The monoisotopic (exact) mass is 466 g/mol. The average molecular weight is 467 g/mol. The Morgan fingerprint density at radius 1 is 1.19 bits per heavy atom. The van der Waals surface area contributed by atoms with Crippen LogP contribution in [0.5, 0.6) is 5.75 Å². The molecule has 3 aromatic rings. The number of methoxy groups -OCH3 is 1. The highest BCUT2D eigenvalue weighted by Crippen LogP contribution is 2.32. The van der Waals surface area contributed by atoms with E-state index in [1.165, 1.54) is 11.3 Å². The summed E-state index contributed by atoms with van der Waals surface area (Å²) in [6.45, 7) is 4.20. The van der Waals surface area contributed by atoms with Gasteiger partial charge in [0.2, 0.25) is 0 Å². The second kappa shape index (κ2) is 8.81. The summed E-state index contributed by atoms with van der Waals surface area (Å²) in [5, 5.41) is 8.45. The van der Waals surface area contributed by atoms with E-state index in [9.17, 15) is 9.59 Å². The number of fused-ring (bicyclic) bond motifs is 1. The number of hydrogen-bond acceptors (Lipinski definition) is 5. The Hall–Kier alpha value is -3.09. The number of benzene rings is 2. The van der Waals surface area contributed by atoms with Crippen molar-refractivity contribution >= 4 is 46.0 Å². The van der Waals surface area contributed by atoms with Crippen LogP contribution in [0.2, 0.25) is 5.02 Å². The Morgan fingerprint density at radius 2 is 2.00 bits per heavy atom. The zero-order valence-corrected chi connectivity index (χ0v) is 19.6. The summed E-state index contributed by atoms with van der Waals surface area (Å²) >= 11 is 7.32. The van der Waals surface area contributed by atoms with Gasteiger partial charge in [-0.1, -0.05) is 29.8 Å². The van der Waals surface area contributed by atoms with Gasteiger partial charge in [0.1, 0.15) is 10.6 Å². The number of thiophene rings is 1. The number of ketones is 1. The number of rotatable bonds is 5. The molecule has 4 rings (SSSR count). The van der Waals surface area contributed by atoms with Gasteiger partial charge in [-0.2, -0.15) is 0 Å². The molecule has 0 radical (unpaired) electrons. The quantitative estimate of drug-likeness (QED) is 0.367. The van der Waals surface area contributed by atoms with Crippen molar-refractivity contribution in [2.45, 2.75) is 25.8 Å². The molecule has 2 aromatic carbocycles. The molecule has 0 unspecified atom stereocenters. The Kier molecular flexibility index (Phi) is 6.09. The number of anilines is 1. The normalized spacial score (nSPS) is 15.6. The number of carbonyl (C=O) groups is 2. The number of carbonyl (C=O) groups excluding carboxylic acids is 2. The lowest BCUT2D eigenvalue weighted by atomic mass is 9.85. The van der Waals surface area contributed by atoms with Crippen molar-refractivity contribution in [2.24, 2.45) is 0 Å². The average Bonchev–Trinajstić information content (AvgIpc) is 3.19. The minimum atomic E-state index is -0.301. The van der Waals surface area contributed by atoms with Crippen molar-refractivity contribution in [2.75, 3.05) is 12.4 Å². The molecule has 1 aromatic heterocycles. The van der Waals surface area contributed by atoms with E-state index < -0.39 is 0 Å². The minimum absolute atomic E-state index is 0.163. The van der Waals surface area contributed by atoms with Gasteiger partial charge in [0.25, 0.3) is 5.91 Å². The van der Waals surface area contributed by atoms with Gasteiger partial charge in [-0.3, -0.25) is 9.59 Å². The second-order valence-corrected chi connectivity index (χ2v) is 9.59. The largest absolute Gasteiger partial charge is 0.497 e. The van der Waals surface area contributed by atoms with Gasteiger partial charge in [0.15, 0.2) is 5.78 Å². The van der Waals surface area contributed by atoms with Crippen molar-refractivity contribution in [3.05, 3.63) is 86.6 Å². The Labute approximate surface area is 196 Å². The van der Waals surface area contributed by atoms with Crippen LogP contribution in [0.15, 0.2) is 60.0 Å². The molecule has 1 aliphatic heterocycles. The molecule has 32 heavy (non-hydrogen) atoms. The van der Waals surface area contributed by atoms with E-state index in [1.54, 1.807) is 48.9 Å². The lowest BCUT2D eigenvalue weighted by Gasteiger charge is -2.35. The van der Waals surface area contributed by atoms with E-state index in [-0.39, 0.29) is 17.2 Å². The molecule has 164 valence electrons. The van der Waals surface area contributed by atoms with Gasteiger partial charge in [0, 0.05) is 34.1 Å². The number of halogens is 1. The van der Waals surface area contributed by atoms with Crippen molar-refractivity contribution in [3.8, 4) is 5.75 Å². The van der Waals surface area contributed by atoms with Crippen molar-refractivity contribution in [1.82, 2.24) is 5.32 Å². The highest BCUT2D eigenvalue weighted by Gasteiger charge is 2.28. The van der Waals surface area contributed by atoms with Gasteiger partial charge in [-0.25, -0.2) is 0 Å². The smallest absolute Gasteiger partial charge is 0.267 e. The molecule has 0 atom stereocenters. The Balaban J connectivity index is 1.62. The highest BCUT2D eigenvalue weighted by molar-refractivity contribution is 7.12. The number of allylic oxidation sites excluding steroid dienone is 1. The Bertz CT molecular complexity index is 1230. The molecule has 5 nitrogen and oxygen atoms in total. The molecule has 7 heteroatoms. The van der Waals surface area contributed by atoms with Crippen LogP contribution < -0.4 is 15.4 Å². The zero-order valence-electron chi connectivity index (χ0n) is 18.0. The van der Waals surface area contributed by atoms with Gasteiger partial charge >= 0.3 is 0 Å². The van der Waals surface area contributed by atoms with Crippen LogP contribution in [-0.2, 0) is 6.42 Å². The van der Waals surface area contributed by atoms with Crippen molar-refractivity contribution < 1.29 is 14.3 Å². The zero-order chi connectivity index (χ0) is 22.9. The molecular weight excluding hydrogens is 444 g/mol. The van der Waals surface area contributed by atoms with Crippen LogP contribution in [0.1, 0.15) is 45.0 Å². The van der Waals surface area contributed by atoms with E-state index in [2.05, 4.69) is 24.5 Å². The third-order valence-corrected chi connectivity index (χ3v) is 6.56. The van der Waals surface area contributed by atoms with E-state index in [0.717, 1.165) is 29.0 Å². The van der Waals surface area contributed by atoms with Crippen LogP contribution in [0.4, 0.5) is 5.69 Å². The molecule has 0 bridgehead atoms. The summed E-state index contributed by atoms with van der Waals surface area (Å²) < 4.78 is 5.37. The molecule has 1 amide bonds. The third-order valence-electron chi connectivity index (χ3n) is 5.22. The SMILES string of the molecule is COc1ccc2c(c1)C(=CC(=O)c1cccc(NC(=O)c3sccc3Cl)c1)NC(C)(C)C2. The van der Waals surface area contributed by atoms with Crippen LogP contribution in [0.3, 0.4) is 0 Å². The van der Waals surface area contributed by atoms with Crippen LogP contribution >= 0.6 is 22.9 Å². The number of nitrogens with one attached hydrogen (secondary N) is 2. The molecule has 0 saturated carbocycles. The third kappa shape index (κ3) is 4.71. The molecule has 0 aliphatic carbocycles. The molecular formula is C25H23ClN2O3S. The predicted molar refractivity (Wildman–Crippen MR) is 130 cm³/mol. The van der Waals surface area contributed by atoms with E-state index in [0.29, 0.717) is 21.2 Å². The molecule has 0 saturated heterocycles. The maximum Gasteiger partial charge on any atom is 0.267 e. The summed E-state index contributed by atoms with van der Waals surface area (Å²) in [5.41, 5.74) is 3.67. The number of hydrogen-bond donors (Lipinski definition) is 2. The summed E-state index contributed by atoms with van der Waals surface area (Å²) in [7, 11) is 1.62. The fourth-order valence-corrected chi connectivity index (χ4v) is 4.80. The van der Waals surface area contributed by atoms with Gasteiger partial charge in [0.05, 0.1) is 12.1 Å². The first-order chi connectivity index (χ1) is 15.3. The molecule has 1 aliphatic rings. The first-order valence-corrected chi connectivity index (χ1v) is 11.4. The van der Waals surface area contributed by atoms with Crippen LogP contribution in [0, 0.1) is 0 Å². The topological polar surface area (TPSA) is 67.4 Å². The molecule has 2 heterocycles. The maximum absolute atomic E-state index is 13.1. The Morgan fingerprint density at radius 3 is 2.72 bits per heavy atom. The number of ether oxygens (including phenoxy) is 1. The lowest BCUT2D eigenvalue weighted by molar-refractivity contribution is 0.102. The van der Waals surface area contributed by atoms with Crippen molar-refractivity contribution in [1.29, 1.82) is 0 Å². The van der Waals surface area contributed by atoms with Gasteiger partial charge in [-0.05, 0) is 61.5 Å². The van der Waals surface area contributed by atoms with Crippen LogP contribution in [0.25, 0.3) is 5.70 Å². The summed E-state index contributed by atoms with van der Waals surface area (Å²) in [4.78, 5) is 26.0. The minimum Gasteiger partial charge on any atom is -0.497 e. The van der Waals surface area contributed by atoms with Gasteiger partial charge in [-0.15, -0.1) is 11.3 Å². The molecule has 2 N–H and O–H groups in total. The fraction of sp³-hybridized carbons (Fsp3) is 0.200. The molecule has 0 fully saturated rings. The first kappa shape index (κ1) is 22.1. The highest BCUT2D eigenvalue weighted by atomic mass is 35.5. The number of amides is 1.